The molecule has 0 aliphatic heterocycles. The summed E-state index contributed by atoms with van der Waals surface area (Å²) in [6.45, 7) is 2.22. The minimum atomic E-state index is 0.295. The van der Waals surface area contributed by atoms with Crippen molar-refractivity contribution in [2.75, 3.05) is 5.73 Å². The Balaban J connectivity index is 2.37. The van der Waals surface area contributed by atoms with Crippen LogP contribution in [0.25, 0.3) is 0 Å². The second-order valence-corrected chi connectivity index (χ2v) is 3.41. The lowest BCUT2D eigenvalue weighted by molar-refractivity contribution is 0.479. The van der Waals surface area contributed by atoms with Gasteiger partial charge in [-0.1, -0.05) is 6.92 Å². The summed E-state index contributed by atoms with van der Waals surface area (Å²) >= 11 is 0. The standard InChI is InChI=1S/C8H12N4/c1-5-2-3-6-7(4-5)11-12-8(9)10-6/h5H,2-4H2,1H3,(H2,9,10,12). The molecule has 0 spiro atoms. The van der Waals surface area contributed by atoms with Crippen molar-refractivity contribution in [1.82, 2.24) is 15.2 Å². The monoisotopic (exact) mass is 164 g/mol. The molecule has 1 unspecified atom stereocenters. The van der Waals surface area contributed by atoms with Crippen LogP contribution in [0.4, 0.5) is 5.95 Å². The first-order valence-corrected chi connectivity index (χ1v) is 4.23. The average Bonchev–Trinajstić information content (AvgIpc) is 2.05. The van der Waals surface area contributed by atoms with Gasteiger partial charge in [0.15, 0.2) is 0 Å². The third-order valence-electron chi connectivity index (χ3n) is 2.27. The summed E-state index contributed by atoms with van der Waals surface area (Å²) in [4.78, 5) is 4.15. The van der Waals surface area contributed by atoms with Crippen LogP contribution in [-0.4, -0.2) is 15.2 Å². The first-order chi connectivity index (χ1) is 5.75. The molecule has 2 N–H and O–H groups in total. The number of aryl methyl sites for hydroxylation is 1. The molecule has 0 fully saturated rings. The van der Waals surface area contributed by atoms with E-state index in [1.54, 1.807) is 0 Å². The molecule has 4 heteroatoms. The minimum Gasteiger partial charge on any atom is -0.366 e. The zero-order chi connectivity index (χ0) is 8.55. The van der Waals surface area contributed by atoms with E-state index >= 15 is 0 Å². The lowest BCUT2D eigenvalue weighted by atomic mass is 9.91. The van der Waals surface area contributed by atoms with Gasteiger partial charge in [-0.3, -0.25) is 0 Å². The van der Waals surface area contributed by atoms with E-state index in [-0.39, 0.29) is 0 Å². The maximum atomic E-state index is 5.43. The molecule has 1 atom stereocenters. The van der Waals surface area contributed by atoms with Gasteiger partial charge in [-0.25, -0.2) is 4.98 Å². The van der Waals surface area contributed by atoms with E-state index in [1.165, 1.54) is 6.42 Å². The number of fused-ring (bicyclic) bond motifs is 1. The molecule has 1 heterocycles. The van der Waals surface area contributed by atoms with Gasteiger partial charge in [-0.15, -0.1) is 10.2 Å². The Kier molecular flexibility index (Phi) is 1.67. The third kappa shape index (κ3) is 1.24. The summed E-state index contributed by atoms with van der Waals surface area (Å²) in [5, 5.41) is 7.78. The van der Waals surface area contributed by atoms with Crippen molar-refractivity contribution in [2.24, 2.45) is 5.92 Å². The summed E-state index contributed by atoms with van der Waals surface area (Å²) in [6.07, 6.45) is 3.18. The summed E-state index contributed by atoms with van der Waals surface area (Å²) in [7, 11) is 0. The van der Waals surface area contributed by atoms with Crippen molar-refractivity contribution < 1.29 is 0 Å². The van der Waals surface area contributed by atoms with Gasteiger partial charge in [0.25, 0.3) is 0 Å². The van der Waals surface area contributed by atoms with E-state index in [9.17, 15) is 0 Å². The summed E-state index contributed by atoms with van der Waals surface area (Å²) in [5.41, 5.74) is 7.50. The number of aromatic nitrogens is 3. The summed E-state index contributed by atoms with van der Waals surface area (Å²) < 4.78 is 0. The second-order valence-electron chi connectivity index (χ2n) is 3.41. The van der Waals surface area contributed by atoms with Gasteiger partial charge in [0.05, 0.1) is 11.4 Å². The molecule has 1 aromatic rings. The van der Waals surface area contributed by atoms with E-state index in [0.717, 1.165) is 24.2 Å². The predicted molar refractivity (Wildman–Crippen MR) is 45.4 cm³/mol. The lowest BCUT2D eigenvalue weighted by Gasteiger charge is -2.18. The van der Waals surface area contributed by atoms with E-state index in [1.807, 2.05) is 0 Å². The first-order valence-electron chi connectivity index (χ1n) is 4.23. The highest BCUT2D eigenvalue weighted by Crippen LogP contribution is 2.21. The molecule has 0 aromatic carbocycles. The number of anilines is 1. The van der Waals surface area contributed by atoms with Gasteiger partial charge in [0, 0.05) is 0 Å². The number of hydrogen-bond donors (Lipinski definition) is 1. The van der Waals surface area contributed by atoms with Crippen LogP contribution in [0.3, 0.4) is 0 Å². The van der Waals surface area contributed by atoms with Crippen molar-refractivity contribution in [3.63, 3.8) is 0 Å². The highest BCUT2D eigenvalue weighted by molar-refractivity contribution is 5.21. The van der Waals surface area contributed by atoms with Crippen molar-refractivity contribution in [2.45, 2.75) is 26.2 Å². The largest absolute Gasteiger partial charge is 0.366 e. The third-order valence-corrected chi connectivity index (χ3v) is 2.27. The van der Waals surface area contributed by atoms with Gasteiger partial charge < -0.3 is 5.73 Å². The van der Waals surface area contributed by atoms with E-state index in [0.29, 0.717) is 11.9 Å². The maximum Gasteiger partial charge on any atom is 0.240 e. The second kappa shape index (κ2) is 2.69. The zero-order valence-corrected chi connectivity index (χ0v) is 7.12. The van der Waals surface area contributed by atoms with Crippen molar-refractivity contribution in [3.8, 4) is 0 Å². The van der Waals surface area contributed by atoms with Gasteiger partial charge in [-0.2, -0.15) is 0 Å². The molecular weight excluding hydrogens is 152 g/mol. The van der Waals surface area contributed by atoms with E-state index in [4.69, 9.17) is 5.73 Å². The van der Waals surface area contributed by atoms with Gasteiger partial charge in [0.1, 0.15) is 0 Å². The molecule has 0 amide bonds. The van der Waals surface area contributed by atoms with Gasteiger partial charge in [0.2, 0.25) is 5.95 Å². The Morgan fingerprint density at radius 1 is 1.33 bits per heavy atom. The fourth-order valence-corrected chi connectivity index (χ4v) is 1.57. The molecule has 0 saturated heterocycles. The van der Waals surface area contributed by atoms with Crippen LogP contribution in [0, 0.1) is 5.92 Å². The molecule has 0 radical (unpaired) electrons. The van der Waals surface area contributed by atoms with Crippen LogP contribution in [0.15, 0.2) is 0 Å². The van der Waals surface area contributed by atoms with E-state index in [2.05, 4.69) is 22.1 Å². The molecule has 64 valence electrons. The molecule has 2 rings (SSSR count). The molecular formula is C8H12N4. The van der Waals surface area contributed by atoms with Crippen LogP contribution < -0.4 is 5.73 Å². The fourth-order valence-electron chi connectivity index (χ4n) is 1.57. The number of nitrogen functional groups attached to an aromatic ring is 1. The Bertz CT molecular complexity index is 297. The Morgan fingerprint density at radius 2 is 2.17 bits per heavy atom. The Labute approximate surface area is 71.2 Å². The highest BCUT2D eigenvalue weighted by atomic mass is 15.2. The number of rotatable bonds is 0. The molecule has 1 aliphatic rings. The van der Waals surface area contributed by atoms with E-state index < -0.39 is 0 Å². The molecule has 0 bridgehead atoms. The smallest absolute Gasteiger partial charge is 0.240 e. The lowest BCUT2D eigenvalue weighted by Crippen LogP contribution is -2.16. The average molecular weight is 164 g/mol. The number of hydrogen-bond acceptors (Lipinski definition) is 4. The minimum absolute atomic E-state index is 0.295. The summed E-state index contributed by atoms with van der Waals surface area (Å²) in [5.74, 6) is 1.00. The van der Waals surface area contributed by atoms with Gasteiger partial charge >= 0.3 is 0 Å². The highest BCUT2D eigenvalue weighted by Gasteiger charge is 2.17. The fraction of sp³-hybridized carbons (Fsp3) is 0.625. The molecule has 12 heavy (non-hydrogen) atoms. The maximum absolute atomic E-state index is 5.43. The zero-order valence-electron chi connectivity index (χ0n) is 7.12. The molecule has 1 aliphatic carbocycles. The number of nitrogens with zero attached hydrogens (tertiary/aromatic N) is 3. The van der Waals surface area contributed by atoms with Gasteiger partial charge in [-0.05, 0) is 25.2 Å². The predicted octanol–water partition coefficient (Wildman–Crippen LogP) is 0.579. The van der Waals surface area contributed by atoms with Crippen LogP contribution in [0.1, 0.15) is 24.7 Å². The van der Waals surface area contributed by atoms with Crippen LogP contribution in [0.5, 0.6) is 0 Å². The topological polar surface area (TPSA) is 64.7 Å². The molecule has 1 aromatic heterocycles. The van der Waals surface area contributed by atoms with Crippen molar-refractivity contribution in [1.29, 1.82) is 0 Å². The molecule has 4 nitrogen and oxygen atoms in total. The first kappa shape index (κ1) is 7.46. The van der Waals surface area contributed by atoms with Crippen LogP contribution >= 0.6 is 0 Å². The quantitative estimate of drug-likeness (QED) is 0.609. The normalized spacial score (nSPS) is 21.9. The van der Waals surface area contributed by atoms with Crippen LogP contribution in [-0.2, 0) is 12.8 Å². The SMILES string of the molecule is CC1CCc2nc(N)nnc2C1. The van der Waals surface area contributed by atoms with Crippen LogP contribution in [0.2, 0.25) is 0 Å². The molecule has 0 saturated carbocycles. The van der Waals surface area contributed by atoms with Crippen molar-refractivity contribution in [3.05, 3.63) is 11.4 Å². The summed E-state index contributed by atoms with van der Waals surface area (Å²) in [6, 6.07) is 0. The Morgan fingerprint density at radius 3 is 3.00 bits per heavy atom. The number of nitrogens with two attached hydrogens (primary N) is 1. The Hall–Kier alpha value is -1.19. The van der Waals surface area contributed by atoms with Crippen molar-refractivity contribution >= 4 is 5.95 Å².